The molecule has 0 aliphatic carbocycles. The number of carbonyl (C=O) groups is 1. The molecule has 2 aromatic carbocycles. The van der Waals surface area contributed by atoms with Crippen LogP contribution in [0, 0.1) is 5.82 Å². The minimum absolute atomic E-state index is 0.307. The van der Waals surface area contributed by atoms with Crippen molar-refractivity contribution in [3.8, 4) is 0 Å². The number of benzene rings is 2. The van der Waals surface area contributed by atoms with Gasteiger partial charge in [0, 0.05) is 30.8 Å². The first-order valence-corrected chi connectivity index (χ1v) is 8.58. The highest BCUT2D eigenvalue weighted by Gasteiger charge is 2.24. The molecule has 4 rings (SSSR count). The number of nitrogens with one attached hydrogen (secondary N) is 1. The normalized spacial score (nSPS) is 13.6. The van der Waals surface area contributed by atoms with Gasteiger partial charge in [-0.05, 0) is 36.2 Å². The van der Waals surface area contributed by atoms with Gasteiger partial charge in [0.05, 0.1) is 11.9 Å². The lowest BCUT2D eigenvalue weighted by Gasteiger charge is -2.15. The van der Waals surface area contributed by atoms with E-state index in [2.05, 4.69) is 39.7 Å². The van der Waals surface area contributed by atoms with Gasteiger partial charge < -0.3 is 0 Å². The standard InChI is InChI=1S/C20H19FN4O/c21-18-8-6-16(7-9-18)20(26)23-25-19-14-24(13-17(19)12-22-25)11-10-15-4-2-1-3-5-15/h1-9,12H,10-11,13-14H2,(H,23,26). The van der Waals surface area contributed by atoms with Crippen LogP contribution in [0.15, 0.2) is 60.8 Å². The van der Waals surface area contributed by atoms with E-state index >= 15 is 0 Å². The van der Waals surface area contributed by atoms with Crippen LogP contribution in [-0.4, -0.2) is 27.2 Å². The summed E-state index contributed by atoms with van der Waals surface area (Å²) in [5.74, 6) is -0.672. The minimum atomic E-state index is -0.365. The van der Waals surface area contributed by atoms with Crippen molar-refractivity contribution in [3.63, 3.8) is 0 Å². The van der Waals surface area contributed by atoms with Crippen LogP contribution in [0.25, 0.3) is 0 Å². The molecule has 3 aromatic rings. The number of halogens is 1. The summed E-state index contributed by atoms with van der Waals surface area (Å²) < 4.78 is 13.0. The number of hydrogen-bond donors (Lipinski definition) is 1. The molecule has 0 unspecified atom stereocenters. The molecule has 2 heterocycles. The second-order valence-electron chi connectivity index (χ2n) is 6.42. The van der Waals surface area contributed by atoms with Gasteiger partial charge in [-0.15, -0.1) is 0 Å². The number of hydrogen-bond acceptors (Lipinski definition) is 3. The Hall–Kier alpha value is -2.99. The zero-order valence-electron chi connectivity index (χ0n) is 14.2. The van der Waals surface area contributed by atoms with E-state index in [0.29, 0.717) is 5.56 Å². The Morgan fingerprint density at radius 3 is 2.62 bits per heavy atom. The van der Waals surface area contributed by atoms with Gasteiger partial charge in [-0.3, -0.25) is 9.69 Å². The molecule has 1 amide bonds. The maximum atomic E-state index is 13.0. The van der Waals surface area contributed by atoms with Gasteiger partial charge in [0.1, 0.15) is 5.82 Å². The molecule has 132 valence electrons. The highest BCUT2D eigenvalue weighted by molar-refractivity contribution is 5.99. The Morgan fingerprint density at radius 1 is 1.08 bits per heavy atom. The van der Waals surface area contributed by atoms with E-state index in [9.17, 15) is 9.18 Å². The fourth-order valence-electron chi connectivity index (χ4n) is 3.17. The van der Waals surface area contributed by atoms with Crippen LogP contribution in [0.3, 0.4) is 0 Å². The first-order valence-electron chi connectivity index (χ1n) is 8.58. The SMILES string of the molecule is O=C(Nn1ncc2c1CN(CCc1ccccc1)C2)c1ccc(F)cc1. The van der Waals surface area contributed by atoms with Gasteiger partial charge >= 0.3 is 0 Å². The summed E-state index contributed by atoms with van der Waals surface area (Å²) in [6.45, 7) is 2.52. The van der Waals surface area contributed by atoms with Crippen molar-refractivity contribution in [2.45, 2.75) is 19.5 Å². The van der Waals surface area contributed by atoms with Gasteiger partial charge in [0.2, 0.25) is 0 Å². The molecular weight excluding hydrogens is 331 g/mol. The van der Waals surface area contributed by atoms with Gasteiger partial charge in [0.15, 0.2) is 0 Å². The summed E-state index contributed by atoms with van der Waals surface area (Å²) in [5.41, 5.74) is 6.60. The quantitative estimate of drug-likeness (QED) is 0.770. The molecule has 5 nitrogen and oxygen atoms in total. The molecule has 1 aromatic heterocycles. The lowest BCUT2D eigenvalue weighted by atomic mass is 10.1. The molecule has 0 spiro atoms. The first-order chi connectivity index (χ1) is 12.7. The number of fused-ring (bicyclic) bond motifs is 1. The number of nitrogens with zero attached hydrogens (tertiary/aromatic N) is 3. The lowest BCUT2D eigenvalue weighted by Crippen LogP contribution is -2.27. The molecular formula is C20H19FN4O. The van der Waals surface area contributed by atoms with Crippen molar-refractivity contribution in [1.29, 1.82) is 0 Å². The highest BCUT2D eigenvalue weighted by atomic mass is 19.1. The molecule has 26 heavy (non-hydrogen) atoms. The van der Waals surface area contributed by atoms with Crippen molar-refractivity contribution in [1.82, 2.24) is 14.8 Å². The molecule has 1 aliphatic rings. The summed E-state index contributed by atoms with van der Waals surface area (Å²) in [6.07, 6.45) is 2.78. The second-order valence-corrected chi connectivity index (χ2v) is 6.42. The van der Waals surface area contributed by atoms with Crippen molar-refractivity contribution >= 4 is 5.91 Å². The molecule has 0 bridgehead atoms. The number of rotatable bonds is 5. The molecule has 0 fully saturated rings. The van der Waals surface area contributed by atoms with Crippen LogP contribution in [0.1, 0.15) is 27.2 Å². The van der Waals surface area contributed by atoms with Gasteiger partial charge in [-0.2, -0.15) is 9.89 Å². The van der Waals surface area contributed by atoms with Crippen LogP contribution < -0.4 is 5.43 Å². The molecule has 0 atom stereocenters. The topological polar surface area (TPSA) is 50.2 Å². The van der Waals surface area contributed by atoms with Crippen molar-refractivity contribution in [2.75, 3.05) is 12.0 Å². The van der Waals surface area contributed by atoms with E-state index in [1.54, 1.807) is 6.20 Å². The largest absolute Gasteiger partial charge is 0.293 e. The lowest BCUT2D eigenvalue weighted by molar-refractivity contribution is 0.100. The third-order valence-corrected chi connectivity index (χ3v) is 4.60. The van der Waals surface area contributed by atoms with Crippen molar-refractivity contribution in [2.24, 2.45) is 0 Å². The molecule has 0 saturated carbocycles. The van der Waals surface area contributed by atoms with E-state index in [-0.39, 0.29) is 11.7 Å². The predicted octanol–water partition coefficient (Wildman–Crippen LogP) is 2.96. The summed E-state index contributed by atoms with van der Waals surface area (Å²) in [4.78, 5) is 16.2. The average Bonchev–Trinajstić information content (AvgIpc) is 3.23. The fraction of sp³-hybridized carbons (Fsp3) is 0.200. The van der Waals surface area contributed by atoms with E-state index in [1.807, 2.05) is 6.07 Å². The smallest absolute Gasteiger partial charge is 0.271 e. The first kappa shape index (κ1) is 16.5. The molecule has 0 radical (unpaired) electrons. The number of amides is 1. The van der Waals surface area contributed by atoms with Crippen LogP contribution in [0.2, 0.25) is 0 Å². The Bertz CT molecular complexity index is 905. The zero-order chi connectivity index (χ0) is 17.9. The maximum Gasteiger partial charge on any atom is 0.271 e. The van der Waals surface area contributed by atoms with Gasteiger partial charge in [0.25, 0.3) is 5.91 Å². The van der Waals surface area contributed by atoms with E-state index in [0.717, 1.165) is 37.3 Å². The third-order valence-electron chi connectivity index (χ3n) is 4.60. The third kappa shape index (κ3) is 3.50. The fourth-order valence-corrected chi connectivity index (χ4v) is 3.17. The average molecular weight is 350 g/mol. The summed E-state index contributed by atoms with van der Waals surface area (Å²) >= 11 is 0. The summed E-state index contributed by atoms with van der Waals surface area (Å²) in [5, 5.41) is 4.26. The Labute approximate surface area is 151 Å². The molecule has 6 heteroatoms. The minimum Gasteiger partial charge on any atom is -0.293 e. The highest BCUT2D eigenvalue weighted by Crippen LogP contribution is 2.22. The summed E-state index contributed by atoms with van der Waals surface area (Å²) in [6, 6.07) is 15.9. The Balaban J connectivity index is 1.39. The Morgan fingerprint density at radius 2 is 1.85 bits per heavy atom. The Kier molecular flexibility index (Phi) is 4.50. The van der Waals surface area contributed by atoms with Crippen LogP contribution in [0.5, 0.6) is 0 Å². The molecule has 1 aliphatic heterocycles. The van der Waals surface area contributed by atoms with Crippen LogP contribution in [-0.2, 0) is 19.5 Å². The second kappa shape index (κ2) is 7.09. The maximum absolute atomic E-state index is 13.0. The van der Waals surface area contributed by atoms with Crippen LogP contribution >= 0.6 is 0 Å². The van der Waals surface area contributed by atoms with E-state index < -0.39 is 0 Å². The van der Waals surface area contributed by atoms with Crippen molar-refractivity contribution in [3.05, 3.63) is 89.0 Å². The summed E-state index contributed by atoms with van der Waals surface area (Å²) in [7, 11) is 0. The van der Waals surface area contributed by atoms with Gasteiger partial charge in [-0.1, -0.05) is 30.3 Å². The monoisotopic (exact) mass is 350 g/mol. The van der Waals surface area contributed by atoms with E-state index in [4.69, 9.17) is 0 Å². The number of aromatic nitrogens is 2. The van der Waals surface area contributed by atoms with E-state index in [1.165, 1.54) is 34.6 Å². The molecule has 1 N–H and O–H groups in total. The van der Waals surface area contributed by atoms with Crippen molar-refractivity contribution < 1.29 is 9.18 Å². The molecule has 0 saturated heterocycles. The number of carbonyl (C=O) groups excluding carboxylic acids is 1. The zero-order valence-corrected chi connectivity index (χ0v) is 14.2. The van der Waals surface area contributed by atoms with Crippen LogP contribution in [0.4, 0.5) is 4.39 Å². The predicted molar refractivity (Wildman–Crippen MR) is 96.6 cm³/mol. The van der Waals surface area contributed by atoms with Gasteiger partial charge in [-0.25, -0.2) is 9.82 Å².